The van der Waals surface area contributed by atoms with E-state index < -0.39 is 35.2 Å². The maximum Gasteiger partial charge on any atom is 0.418 e. The van der Waals surface area contributed by atoms with Crippen molar-refractivity contribution in [3.63, 3.8) is 0 Å². The van der Waals surface area contributed by atoms with Gasteiger partial charge in [-0.2, -0.15) is 13.2 Å². The van der Waals surface area contributed by atoms with Gasteiger partial charge in [-0.3, -0.25) is 9.59 Å². The Morgan fingerprint density at radius 2 is 1.61 bits per heavy atom. The molecule has 0 fully saturated rings. The van der Waals surface area contributed by atoms with Crippen LogP contribution in [0.1, 0.15) is 22.8 Å². The van der Waals surface area contributed by atoms with Gasteiger partial charge in [0.1, 0.15) is 0 Å². The van der Waals surface area contributed by atoms with Gasteiger partial charge in [-0.15, -0.1) is 0 Å². The molecule has 0 heterocycles. The third-order valence-corrected chi connectivity index (χ3v) is 3.65. The van der Waals surface area contributed by atoms with Gasteiger partial charge in [0, 0.05) is 5.02 Å². The van der Waals surface area contributed by atoms with Crippen LogP contribution in [0.25, 0.3) is 0 Å². The molecule has 0 aliphatic rings. The van der Waals surface area contributed by atoms with Crippen LogP contribution in [0.5, 0.6) is 0 Å². The lowest BCUT2D eigenvalue weighted by Crippen LogP contribution is -2.30. The molecular weight excluding hydrogens is 401 g/mol. The van der Waals surface area contributed by atoms with Crippen molar-refractivity contribution in [2.45, 2.75) is 13.1 Å². The largest absolute Gasteiger partial charge is 0.462 e. The smallest absolute Gasteiger partial charge is 0.418 e. The molecule has 0 unspecified atom stereocenters. The first-order valence-electron chi connectivity index (χ1n) is 7.88. The zero-order valence-electron chi connectivity index (χ0n) is 14.4. The van der Waals surface area contributed by atoms with Gasteiger partial charge >= 0.3 is 24.0 Å². The standard InChI is InChI=1S/C18H14ClF3N2O4/c1-2-28-17(27)11-5-3-4-6-13(11)23-15(25)16(26)24-14-8-7-10(19)9-12(14)18(20,21)22/h3-9H,2H2,1H3,(H,23,25)(H,24,26). The highest BCUT2D eigenvalue weighted by molar-refractivity contribution is 6.44. The first-order chi connectivity index (χ1) is 13.1. The first kappa shape index (κ1) is 21.2. The number of esters is 1. The Morgan fingerprint density at radius 1 is 1.00 bits per heavy atom. The lowest BCUT2D eigenvalue weighted by atomic mass is 10.1. The number of hydrogen-bond acceptors (Lipinski definition) is 4. The minimum Gasteiger partial charge on any atom is -0.462 e. The van der Waals surface area contributed by atoms with Gasteiger partial charge in [0.2, 0.25) is 0 Å². The van der Waals surface area contributed by atoms with Gasteiger partial charge in [-0.25, -0.2) is 4.79 Å². The van der Waals surface area contributed by atoms with Crippen molar-refractivity contribution in [2.75, 3.05) is 17.2 Å². The molecule has 0 spiro atoms. The Hall–Kier alpha value is -3.07. The van der Waals surface area contributed by atoms with Crippen LogP contribution in [0.4, 0.5) is 24.5 Å². The number of nitrogens with one attached hydrogen (secondary N) is 2. The Bertz CT molecular complexity index is 916. The van der Waals surface area contributed by atoms with Crippen LogP contribution < -0.4 is 10.6 Å². The predicted molar refractivity (Wildman–Crippen MR) is 96.1 cm³/mol. The molecule has 0 saturated carbocycles. The number of anilines is 2. The molecule has 0 bridgehead atoms. The summed E-state index contributed by atoms with van der Waals surface area (Å²) in [5.41, 5.74) is -1.86. The Balaban J connectivity index is 2.20. The van der Waals surface area contributed by atoms with Crippen LogP contribution in [-0.4, -0.2) is 24.4 Å². The molecule has 2 N–H and O–H groups in total. The monoisotopic (exact) mass is 414 g/mol. The molecule has 2 aromatic rings. The first-order valence-corrected chi connectivity index (χ1v) is 8.26. The van der Waals surface area contributed by atoms with Gasteiger partial charge < -0.3 is 15.4 Å². The highest BCUT2D eigenvalue weighted by Gasteiger charge is 2.34. The molecule has 148 valence electrons. The molecule has 0 atom stereocenters. The van der Waals surface area contributed by atoms with Gasteiger partial charge in [-0.1, -0.05) is 23.7 Å². The minimum absolute atomic E-state index is 0.00651. The van der Waals surface area contributed by atoms with Crippen molar-refractivity contribution in [1.29, 1.82) is 0 Å². The molecule has 6 nitrogen and oxygen atoms in total. The van der Waals surface area contributed by atoms with Crippen LogP contribution in [0, 0.1) is 0 Å². The number of alkyl halides is 3. The van der Waals surface area contributed by atoms with Crippen molar-refractivity contribution in [3.8, 4) is 0 Å². The summed E-state index contributed by atoms with van der Waals surface area (Å²) in [5, 5.41) is 3.89. The van der Waals surface area contributed by atoms with E-state index >= 15 is 0 Å². The van der Waals surface area contributed by atoms with Crippen LogP contribution in [0.2, 0.25) is 5.02 Å². The fourth-order valence-electron chi connectivity index (χ4n) is 2.20. The number of ether oxygens (including phenoxy) is 1. The van der Waals surface area contributed by atoms with Crippen molar-refractivity contribution in [1.82, 2.24) is 0 Å². The van der Waals surface area contributed by atoms with Gasteiger partial charge in [0.15, 0.2) is 0 Å². The number of halogens is 4. The Labute approximate surface area is 162 Å². The van der Waals surface area contributed by atoms with Crippen molar-refractivity contribution >= 4 is 40.8 Å². The van der Waals surface area contributed by atoms with Crippen molar-refractivity contribution in [2.24, 2.45) is 0 Å². The Kier molecular flexibility index (Phi) is 6.63. The number of benzene rings is 2. The van der Waals surface area contributed by atoms with E-state index in [0.29, 0.717) is 6.07 Å². The number of carbonyl (C=O) groups excluding carboxylic acids is 3. The third-order valence-electron chi connectivity index (χ3n) is 3.41. The van der Waals surface area contributed by atoms with E-state index in [4.69, 9.17) is 16.3 Å². The highest BCUT2D eigenvalue weighted by atomic mass is 35.5. The quantitative estimate of drug-likeness (QED) is 0.582. The van der Waals surface area contributed by atoms with E-state index in [9.17, 15) is 27.6 Å². The molecular formula is C18H14ClF3N2O4. The molecule has 2 aromatic carbocycles. The summed E-state index contributed by atoms with van der Waals surface area (Å²) in [6.07, 6.45) is -4.79. The summed E-state index contributed by atoms with van der Waals surface area (Å²) in [6, 6.07) is 8.43. The maximum absolute atomic E-state index is 13.1. The third kappa shape index (κ3) is 5.23. The van der Waals surface area contributed by atoms with Crippen LogP contribution >= 0.6 is 11.6 Å². The fourth-order valence-corrected chi connectivity index (χ4v) is 2.37. The normalized spacial score (nSPS) is 10.9. The molecule has 0 aliphatic heterocycles. The second kappa shape index (κ2) is 8.75. The number of hydrogen-bond donors (Lipinski definition) is 2. The molecule has 2 rings (SSSR count). The zero-order chi connectivity index (χ0) is 20.9. The molecule has 0 saturated heterocycles. The average Bonchev–Trinajstić information content (AvgIpc) is 2.62. The van der Waals surface area contributed by atoms with Gasteiger partial charge in [0.05, 0.1) is 29.1 Å². The van der Waals surface area contributed by atoms with Crippen LogP contribution in [-0.2, 0) is 20.5 Å². The molecule has 10 heteroatoms. The number of para-hydroxylation sites is 1. The summed E-state index contributed by atoms with van der Waals surface area (Å²) in [7, 11) is 0. The zero-order valence-corrected chi connectivity index (χ0v) is 15.1. The summed E-state index contributed by atoms with van der Waals surface area (Å²) < 4.78 is 44.1. The van der Waals surface area contributed by atoms with Crippen LogP contribution in [0.3, 0.4) is 0 Å². The Morgan fingerprint density at radius 3 is 2.21 bits per heavy atom. The topological polar surface area (TPSA) is 84.5 Å². The van der Waals surface area contributed by atoms with E-state index in [1.165, 1.54) is 24.3 Å². The average molecular weight is 415 g/mol. The highest BCUT2D eigenvalue weighted by Crippen LogP contribution is 2.36. The second-order valence-corrected chi connectivity index (χ2v) is 5.80. The molecule has 0 radical (unpaired) electrons. The van der Waals surface area contributed by atoms with Gasteiger partial charge in [-0.05, 0) is 37.3 Å². The van der Waals surface area contributed by atoms with E-state index in [0.717, 1.165) is 12.1 Å². The van der Waals surface area contributed by atoms with Crippen molar-refractivity contribution in [3.05, 3.63) is 58.6 Å². The summed E-state index contributed by atoms with van der Waals surface area (Å²) in [6.45, 7) is 1.69. The minimum atomic E-state index is -4.79. The number of amides is 2. The molecule has 0 aromatic heterocycles. The maximum atomic E-state index is 13.1. The molecule has 2 amide bonds. The lowest BCUT2D eigenvalue weighted by Gasteiger charge is -2.14. The predicted octanol–water partition coefficient (Wildman–Crippen LogP) is 4.11. The SMILES string of the molecule is CCOC(=O)c1ccccc1NC(=O)C(=O)Nc1ccc(Cl)cc1C(F)(F)F. The number of carbonyl (C=O) groups is 3. The van der Waals surface area contributed by atoms with E-state index in [2.05, 4.69) is 5.32 Å². The fraction of sp³-hybridized carbons (Fsp3) is 0.167. The molecule has 0 aliphatic carbocycles. The van der Waals surface area contributed by atoms with E-state index in [-0.39, 0.29) is 22.9 Å². The number of rotatable bonds is 4. The van der Waals surface area contributed by atoms with Crippen molar-refractivity contribution < 1.29 is 32.3 Å². The second-order valence-electron chi connectivity index (χ2n) is 5.36. The summed E-state index contributed by atoms with van der Waals surface area (Å²) in [4.78, 5) is 36.0. The summed E-state index contributed by atoms with van der Waals surface area (Å²) in [5.74, 6) is -3.35. The van der Waals surface area contributed by atoms with E-state index in [1.807, 2.05) is 5.32 Å². The molecule has 28 heavy (non-hydrogen) atoms. The summed E-state index contributed by atoms with van der Waals surface area (Å²) >= 11 is 5.57. The lowest BCUT2D eigenvalue weighted by molar-refractivity contribution is -0.137. The van der Waals surface area contributed by atoms with E-state index in [1.54, 1.807) is 6.92 Å². The van der Waals surface area contributed by atoms with Gasteiger partial charge in [0.25, 0.3) is 0 Å². The van der Waals surface area contributed by atoms with Crippen LogP contribution in [0.15, 0.2) is 42.5 Å².